The van der Waals surface area contributed by atoms with E-state index in [9.17, 15) is 29.4 Å². The van der Waals surface area contributed by atoms with Crippen LogP contribution in [0.4, 0.5) is 11.4 Å². The fraction of sp³-hybridized carbons (Fsp3) is 0.400. The number of carbonyl (C=O) groups is 4. The second kappa shape index (κ2) is 19.1. The third-order valence-corrected chi connectivity index (χ3v) is 10.9. The molecule has 56 heavy (non-hydrogen) atoms. The molecule has 2 saturated heterocycles. The van der Waals surface area contributed by atoms with Gasteiger partial charge in [-0.3, -0.25) is 29.0 Å². The summed E-state index contributed by atoms with van der Waals surface area (Å²) in [5.74, 6) is -1.10. The summed E-state index contributed by atoms with van der Waals surface area (Å²) in [5, 5.41) is 30.0. The van der Waals surface area contributed by atoms with Gasteiger partial charge < -0.3 is 30.6 Å². The van der Waals surface area contributed by atoms with Gasteiger partial charge in [0.25, 0.3) is 23.6 Å². The first kappa shape index (κ1) is 45.0. The van der Waals surface area contributed by atoms with Gasteiger partial charge in [0.15, 0.2) is 0 Å². The van der Waals surface area contributed by atoms with E-state index in [1.54, 1.807) is 12.1 Å². The van der Waals surface area contributed by atoms with Crippen LogP contribution in [0.2, 0.25) is 0 Å². The lowest BCUT2D eigenvalue weighted by atomic mass is 9.92. The van der Waals surface area contributed by atoms with Crippen LogP contribution in [0.3, 0.4) is 0 Å². The molecule has 4 amide bonds. The van der Waals surface area contributed by atoms with Gasteiger partial charge in [-0.15, -0.1) is 49.6 Å². The van der Waals surface area contributed by atoms with Crippen molar-refractivity contribution in [2.24, 2.45) is 0 Å². The van der Waals surface area contributed by atoms with Crippen molar-refractivity contribution in [1.82, 2.24) is 20.4 Å². The average Bonchev–Trinajstić information content (AvgIpc) is 3.79. The quantitative estimate of drug-likeness (QED) is 0.111. The number of hydrogen-bond donors (Lipinski definition) is 4. The molecule has 0 unspecified atom stereocenters. The van der Waals surface area contributed by atoms with Crippen molar-refractivity contribution in [3.05, 3.63) is 82.9 Å². The molecule has 4 N–H and O–H groups in total. The highest BCUT2D eigenvalue weighted by molar-refractivity contribution is 6.28. The number of amides is 4. The molecule has 0 aromatic heterocycles. The van der Waals surface area contributed by atoms with Crippen molar-refractivity contribution < 1.29 is 29.4 Å². The molecule has 4 heterocycles. The number of halogens is 4. The SMILES string of the molecule is Cl.Cl.Cl.Cl.O=C1c2cccc3c(N4CC[C@H](O)C4)ccc(c23)C(=O)N1CCCNCCNCCCN1C(=O)c2cccc3c(N4CC[C@H](O)C4)ccc(c23)C1=O. The monoisotopic (exact) mass is 848 g/mol. The Morgan fingerprint density at radius 3 is 1.25 bits per heavy atom. The molecule has 12 nitrogen and oxygen atoms in total. The molecule has 2 fully saturated rings. The summed E-state index contributed by atoms with van der Waals surface area (Å²) in [6.07, 6.45) is 1.87. The number of β-amino-alcohol motifs (C(OH)–C–C–N with tert-alkyl or cyclic N) is 2. The highest BCUT2D eigenvalue weighted by Crippen LogP contribution is 2.38. The van der Waals surface area contributed by atoms with Gasteiger partial charge in [0.05, 0.1) is 12.2 Å². The first-order valence-electron chi connectivity index (χ1n) is 18.4. The molecular weight excluding hydrogens is 802 g/mol. The van der Waals surface area contributed by atoms with Crippen molar-refractivity contribution in [3.8, 4) is 0 Å². The molecule has 0 bridgehead atoms. The Morgan fingerprint density at radius 2 is 0.893 bits per heavy atom. The van der Waals surface area contributed by atoms with Crippen molar-refractivity contribution in [2.45, 2.75) is 37.9 Å². The lowest BCUT2D eigenvalue weighted by Crippen LogP contribution is -2.42. The minimum absolute atomic E-state index is 0. The number of aliphatic hydroxyl groups is 2. The number of nitrogens with zero attached hydrogens (tertiary/aromatic N) is 4. The highest BCUT2D eigenvalue weighted by atomic mass is 35.5. The second-order valence-electron chi connectivity index (χ2n) is 14.2. The predicted octanol–water partition coefficient (Wildman–Crippen LogP) is 4.67. The molecule has 2 atom stereocenters. The summed E-state index contributed by atoms with van der Waals surface area (Å²) in [7, 11) is 0. The topological polar surface area (TPSA) is 146 Å². The van der Waals surface area contributed by atoms with Crippen LogP contribution in [-0.2, 0) is 0 Å². The molecule has 0 aliphatic carbocycles. The summed E-state index contributed by atoms with van der Waals surface area (Å²) >= 11 is 0. The predicted molar refractivity (Wildman–Crippen MR) is 228 cm³/mol. The standard InChI is InChI=1S/C40H44N6O6.4ClH/c47-25-13-21-43(23-25)33-11-9-31-35-27(33)5-1-7-29(35)37(49)45(39(31)51)19-3-15-41-17-18-42-16-4-20-46-38(50)30-8-2-6-28-34(44-22-14-26(48)24-44)12-10-32(36(28)30)40(46)52;;;;/h1-2,5-12,25-26,41-42,47-48H,3-4,13-24H2;4*1H/t25-,26-;;;;/m0..../s1. The maximum Gasteiger partial charge on any atom is 0.261 e. The zero-order valence-corrected chi connectivity index (χ0v) is 34.0. The van der Waals surface area contributed by atoms with Crippen LogP contribution in [-0.4, -0.2) is 121 Å². The molecule has 4 aromatic carbocycles. The van der Waals surface area contributed by atoms with E-state index in [4.69, 9.17) is 0 Å². The Morgan fingerprint density at radius 1 is 0.518 bits per heavy atom. The summed E-state index contributed by atoms with van der Waals surface area (Å²) in [4.78, 5) is 60.8. The number of anilines is 2. The minimum atomic E-state index is -0.374. The number of hydrogen-bond acceptors (Lipinski definition) is 10. The van der Waals surface area contributed by atoms with Gasteiger partial charge in [0.2, 0.25) is 0 Å². The average molecular weight is 851 g/mol. The summed E-state index contributed by atoms with van der Waals surface area (Å²) in [6, 6.07) is 18.7. The molecule has 4 aliphatic rings. The van der Waals surface area contributed by atoms with E-state index in [1.165, 1.54) is 9.80 Å². The second-order valence-corrected chi connectivity index (χ2v) is 14.2. The number of aliphatic hydroxyl groups excluding tert-OH is 2. The number of benzene rings is 4. The fourth-order valence-corrected chi connectivity index (χ4v) is 8.29. The van der Waals surface area contributed by atoms with Gasteiger partial charge in [-0.25, -0.2) is 0 Å². The van der Waals surface area contributed by atoms with Gasteiger partial charge in [0, 0.05) is 108 Å². The normalized spacial score (nSPS) is 18.6. The molecular formula is C40H48Cl4N6O6. The molecule has 0 spiro atoms. The largest absolute Gasteiger partial charge is 0.391 e. The Labute approximate surface area is 350 Å². The van der Waals surface area contributed by atoms with Gasteiger partial charge >= 0.3 is 0 Å². The minimum Gasteiger partial charge on any atom is -0.391 e. The third-order valence-electron chi connectivity index (χ3n) is 10.9. The summed E-state index contributed by atoms with van der Waals surface area (Å²) in [6.45, 7) is 5.80. The Kier molecular flexibility index (Phi) is 15.4. The van der Waals surface area contributed by atoms with Crippen LogP contribution < -0.4 is 20.4 Å². The summed E-state index contributed by atoms with van der Waals surface area (Å²) < 4.78 is 0. The summed E-state index contributed by atoms with van der Waals surface area (Å²) in [5.41, 5.74) is 4.02. The zero-order chi connectivity index (χ0) is 35.9. The molecule has 4 aromatic rings. The van der Waals surface area contributed by atoms with Crippen LogP contribution in [0, 0.1) is 0 Å². The van der Waals surface area contributed by atoms with Crippen LogP contribution in [0.5, 0.6) is 0 Å². The smallest absolute Gasteiger partial charge is 0.261 e. The van der Waals surface area contributed by atoms with Crippen LogP contribution in [0.1, 0.15) is 67.1 Å². The molecule has 0 saturated carbocycles. The van der Waals surface area contributed by atoms with E-state index in [-0.39, 0.29) is 85.5 Å². The Bertz CT molecular complexity index is 1910. The third kappa shape index (κ3) is 8.30. The maximum atomic E-state index is 13.5. The first-order valence-corrected chi connectivity index (χ1v) is 18.4. The molecule has 16 heteroatoms. The highest BCUT2D eigenvalue weighted by Gasteiger charge is 2.35. The van der Waals surface area contributed by atoms with E-state index < -0.39 is 0 Å². The van der Waals surface area contributed by atoms with E-state index in [0.717, 1.165) is 35.2 Å². The zero-order valence-electron chi connectivity index (χ0n) is 30.8. The maximum absolute atomic E-state index is 13.5. The van der Waals surface area contributed by atoms with Crippen LogP contribution in [0.25, 0.3) is 21.5 Å². The van der Waals surface area contributed by atoms with Gasteiger partial charge in [-0.2, -0.15) is 0 Å². The van der Waals surface area contributed by atoms with Crippen LogP contribution in [0.15, 0.2) is 60.7 Å². The molecule has 4 aliphatic heterocycles. The van der Waals surface area contributed by atoms with Crippen molar-refractivity contribution in [1.29, 1.82) is 0 Å². The number of carbonyl (C=O) groups excluding carboxylic acids is 4. The van der Waals surface area contributed by atoms with Gasteiger partial charge in [0.1, 0.15) is 0 Å². The Hall–Kier alpha value is -3.72. The molecule has 0 radical (unpaired) electrons. The molecule has 302 valence electrons. The van der Waals surface area contributed by atoms with Gasteiger partial charge in [-0.05, 0) is 75.2 Å². The number of nitrogens with one attached hydrogen (secondary N) is 2. The van der Waals surface area contributed by atoms with Crippen molar-refractivity contribution in [2.75, 3.05) is 75.2 Å². The van der Waals surface area contributed by atoms with Gasteiger partial charge in [-0.1, -0.05) is 24.3 Å². The number of rotatable bonds is 13. The number of imide groups is 2. The molecule has 8 rings (SSSR count). The fourth-order valence-electron chi connectivity index (χ4n) is 8.29. The lowest BCUT2D eigenvalue weighted by molar-refractivity contribution is 0.0593. The Balaban J connectivity index is 0.00000174. The van der Waals surface area contributed by atoms with Crippen LogP contribution >= 0.6 is 49.6 Å². The van der Waals surface area contributed by atoms with E-state index >= 15 is 0 Å². The first-order chi connectivity index (χ1) is 25.3. The lowest BCUT2D eigenvalue weighted by Gasteiger charge is -2.29. The van der Waals surface area contributed by atoms with Crippen molar-refractivity contribution >= 4 is 106 Å². The van der Waals surface area contributed by atoms with E-state index in [0.29, 0.717) is 111 Å². The van der Waals surface area contributed by atoms with E-state index in [1.807, 2.05) is 48.5 Å². The van der Waals surface area contributed by atoms with Crippen molar-refractivity contribution in [3.63, 3.8) is 0 Å². The van der Waals surface area contributed by atoms with E-state index in [2.05, 4.69) is 20.4 Å².